The van der Waals surface area contributed by atoms with Gasteiger partial charge in [0.25, 0.3) is 0 Å². The van der Waals surface area contributed by atoms with Crippen LogP contribution in [-0.2, 0) is 16.6 Å². The Kier molecular flexibility index (Phi) is 5.40. The number of hydrogen-bond acceptors (Lipinski definition) is 3. The molecule has 1 N–H and O–H groups in total. The van der Waals surface area contributed by atoms with Crippen molar-refractivity contribution in [2.75, 3.05) is 13.1 Å². The Bertz CT molecular complexity index is 621. The first-order chi connectivity index (χ1) is 9.90. The second-order valence-corrected chi connectivity index (χ2v) is 8.14. The first-order valence-electron chi connectivity index (χ1n) is 6.99. The topological polar surface area (TPSA) is 57.6 Å². The third-order valence-electron chi connectivity index (χ3n) is 3.93. The van der Waals surface area contributed by atoms with Crippen LogP contribution in [0, 0.1) is 11.7 Å². The van der Waals surface area contributed by atoms with E-state index in [0.717, 1.165) is 19.3 Å². The number of benzene rings is 1. The highest BCUT2D eigenvalue weighted by Crippen LogP contribution is 2.30. The summed E-state index contributed by atoms with van der Waals surface area (Å²) >= 11 is 3.17. The van der Waals surface area contributed by atoms with Crippen molar-refractivity contribution in [1.29, 1.82) is 0 Å². The Hall–Kier alpha value is -0.500. The van der Waals surface area contributed by atoms with Crippen LogP contribution < -0.4 is 0 Å². The summed E-state index contributed by atoms with van der Waals surface area (Å²) in [7, 11) is -3.87. The second kappa shape index (κ2) is 6.73. The van der Waals surface area contributed by atoms with Gasteiger partial charge < -0.3 is 5.11 Å². The molecule has 1 fully saturated rings. The van der Waals surface area contributed by atoms with Crippen LogP contribution in [0.15, 0.2) is 21.5 Å². The molecule has 0 saturated carbocycles. The fourth-order valence-electron chi connectivity index (χ4n) is 2.64. The lowest BCUT2D eigenvalue weighted by Crippen LogP contribution is -2.40. The Balaban J connectivity index is 2.42. The third-order valence-corrected chi connectivity index (χ3v) is 6.25. The molecule has 0 spiro atoms. The maximum atomic E-state index is 14.3. The van der Waals surface area contributed by atoms with Crippen LogP contribution >= 0.6 is 15.9 Å². The minimum Gasteiger partial charge on any atom is -0.392 e. The average molecular weight is 380 g/mol. The lowest BCUT2D eigenvalue weighted by molar-refractivity contribution is 0.259. The number of rotatable bonds is 4. The van der Waals surface area contributed by atoms with Crippen molar-refractivity contribution in [2.24, 2.45) is 5.92 Å². The fraction of sp³-hybridized carbons (Fsp3) is 0.571. The van der Waals surface area contributed by atoms with Crippen molar-refractivity contribution in [3.05, 3.63) is 28.0 Å². The number of sulfonamides is 1. The maximum Gasteiger partial charge on any atom is 0.246 e. The van der Waals surface area contributed by atoms with Gasteiger partial charge in [-0.25, -0.2) is 12.8 Å². The van der Waals surface area contributed by atoms with Crippen LogP contribution in [0.1, 0.15) is 31.7 Å². The van der Waals surface area contributed by atoms with Crippen molar-refractivity contribution < 1.29 is 17.9 Å². The summed E-state index contributed by atoms with van der Waals surface area (Å²) in [6.45, 7) is 2.34. The minimum atomic E-state index is -3.87. The first-order valence-corrected chi connectivity index (χ1v) is 9.22. The monoisotopic (exact) mass is 379 g/mol. The summed E-state index contributed by atoms with van der Waals surface area (Å²) in [4.78, 5) is -0.363. The molecule has 7 heteroatoms. The van der Waals surface area contributed by atoms with E-state index < -0.39 is 22.4 Å². The van der Waals surface area contributed by atoms with Crippen LogP contribution in [0.5, 0.6) is 0 Å². The summed E-state index contributed by atoms with van der Waals surface area (Å²) in [5.74, 6) is -0.541. The van der Waals surface area contributed by atoms with Gasteiger partial charge in [-0.1, -0.05) is 29.3 Å². The smallest absolute Gasteiger partial charge is 0.246 e. The molecule has 1 aliphatic rings. The summed E-state index contributed by atoms with van der Waals surface area (Å²) in [6.07, 6.45) is 2.71. The first kappa shape index (κ1) is 16.9. The van der Waals surface area contributed by atoms with E-state index in [1.165, 1.54) is 16.4 Å². The van der Waals surface area contributed by atoms with Gasteiger partial charge in [-0.15, -0.1) is 0 Å². The minimum absolute atomic E-state index is 0.0213. The van der Waals surface area contributed by atoms with E-state index in [-0.39, 0.29) is 10.5 Å². The Labute approximate surface area is 133 Å². The van der Waals surface area contributed by atoms with E-state index in [1.54, 1.807) is 0 Å². The van der Waals surface area contributed by atoms with Crippen LogP contribution in [0.2, 0.25) is 0 Å². The van der Waals surface area contributed by atoms with E-state index in [9.17, 15) is 12.8 Å². The zero-order chi connectivity index (χ0) is 15.6. The summed E-state index contributed by atoms with van der Waals surface area (Å²) < 4.78 is 41.4. The molecule has 2 rings (SSSR count). The maximum absolute atomic E-state index is 14.3. The number of piperidine rings is 1. The highest BCUT2D eigenvalue weighted by molar-refractivity contribution is 9.10. The van der Waals surface area contributed by atoms with Gasteiger partial charge in [0, 0.05) is 23.1 Å². The molecule has 1 aliphatic heterocycles. The van der Waals surface area contributed by atoms with Crippen LogP contribution in [0.4, 0.5) is 4.39 Å². The SMILES string of the molecule is CCC1CCCN(S(=O)(=O)c2cc(Br)cc(CO)c2F)C1. The molecular weight excluding hydrogens is 361 g/mol. The van der Waals surface area contributed by atoms with Gasteiger partial charge in [0.15, 0.2) is 0 Å². The number of aliphatic hydroxyl groups excluding tert-OH is 1. The van der Waals surface area contributed by atoms with Crippen LogP contribution in [0.25, 0.3) is 0 Å². The third kappa shape index (κ3) is 3.47. The molecular formula is C14H19BrFNO3S. The molecule has 1 unspecified atom stereocenters. The van der Waals surface area contributed by atoms with E-state index in [2.05, 4.69) is 15.9 Å². The van der Waals surface area contributed by atoms with Gasteiger partial charge in [0.05, 0.1) is 6.61 Å². The second-order valence-electron chi connectivity index (χ2n) is 5.31. The molecule has 118 valence electrons. The predicted molar refractivity (Wildman–Crippen MR) is 81.8 cm³/mol. The van der Waals surface area contributed by atoms with Gasteiger partial charge >= 0.3 is 0 Å². The molecule has 1 heterocycles. The number of nitrogens with zero attached hydrogens (tertiary/aromatic N) is 1. The van der Waals surface area contributed by atoms with Crippen molar-refractivity contribution in [1.82, 2.24) is 4.31 Å². The molecule has 0 aliphatic carbocycles. The van der Waals surface area contributed by atoms with E-state index in [0.29, 0.717) is 23.5 Å². The molecule has 1 atom stereocenters. The van der Waals surface area contributed by atoms with E-state index in [4.69, 9.17) is 5.11 Å². The summed E-state index contributed by atoms with van der Waals surface area (Å²) in [5.41, 5.74) is -0.0213. The molecule has 0 aromatic heterocycles. The van der Waals surface area contributed by atoms with Gasteiger partial charge in [0.2, 0.25) is 10.0 Å². The van der Waals surface area contributed by atoms with Gasteiger partial charge in [-0.2, -0.15) is 4.31 Å². The summed E-state index contributed by atoms with van der Waals surface area (Å²) in [5, 5.41) is 9.15. The lowest BCUT2D eigenvalue weighted by Gasteiger charge is -2.31. The van der Waals surface area contributed by atoms with Crippen molar-refractivity contribution in [3.63, 3.8) is 0 Å². The zero-order valence-electron chi connectivity index (χ0n) is 11.8. The van der Waals surface area contributed by atoms with Crippen LogP contribution in [0.3, 0.4) is 0 Å². The molecule has 1 aromatic rings. The fourth-order valence-corrected chi connectivity index (χ4v) is 4.98. The molecule has 21 heavy (non-hydrogen) atoms. The van der Waals surface area contributed by atoms with E-state index >= 15 is 0 Å². The molecule has 1 aromatic carbocycles. The van der Waals surface area contributed by atoms with Crippen molar-refractivity contribution in [3.8, 4) is 0 Å². The van der Waals surface area contributed by atoms with Crippen molar-refractivity contribution in [2.45, 2.75) is 37.7 Å². The predicted octanol–water partition coefficient (Wildman–Crippen LogP) is 2.89. The molecule has 1 saturated heterocycles. The van der Waals surface area contributed by atoms with Crippen molar-refractivity contribution >= 4 is 26.0 Å². The van der Waals surface area contributed by atoms with Gasteiger partial charge in [0.1, 0.15) is 10.7 Å². The largest absolute Gasteiger partial charge is 0.392 e. The number of aliphatic hydroxyl groups is 1. The highest BCUT2D eigenvalue weighted by atomic mass is 79.9. The Morgan fingerprint density at radius 2 is 2.19 bits per heavy atom. The molecule has 4 nitrogen and oxygen atoms in total. The standard InChI is InChI=1S/C14H19BrFNO3S/c1-2-10-4-3-5-17(8-10)21(19,20)13-7-12(15)6-11(9-18)14(13)16/h6-7,10,18H,2-5,8-9H2,1H3. The van der Waals surface area contributed by atoms with Gasteiger partial charge in [-0.05, 0) is 30.9 Å². The highest BCUT2D eigenvalue weighted by Gasteiger charge is 2.32. The Morgan fingerprint density at radius 3 is 2.81 bits per heavy atom. The molecule has 0 amide bonds. The number of halogens is 2. The Morgan fingerprint density at radius 1 is 1.48 bits per heavy atom. The van der Waals surface area contributed by atoms with Crippen LogP contribution in [-0.4, -0.2) is 30.9 Å². The normalized spacial score (nSPS) is 20.7. The van der Waals surface area contributed by atoms with Gasteiger partial charge in [-0.3, -0.25) is 0 Å². The average Bonchev–Trinajstić information content (AvgIpc) is 2.49. The zero-order valence-corrected chi connectivity index (χ0v) is 14.3. The van der Waals surface area contributed by atoms with E-state index in [1.807, 2.05) is 6.92 Å². The quantitative estimate of drug-likeness (QED) is 0.874. The molecule has 0 bridgehead atoms. The number of hydrogen-bond donors (Lipinski definition) is 1. The lowest BCUT2D eigenvalue weighted by atomic mass is 9.97. The summed E-state index contributed by atoms with van der Waals surface area (Å²) in [6, 6.07) is 2.65. The molecule has 0 radical (unpaired) electrons.